The third-order valence-electron chi connectivity index (χ3n) is 12.7. The largest absolute Gasteiger partial charge is 0.455 e. The molecule has 0 bridgehead atoms. The molecular weight excluding hydrogens is 755 g/mol. The second-order valence-electron chi connectivity index (χ2n) is 16.0. The van der Waals surface area contributed by atoms with E-state index in [-0.39, 0.29) is 0 Å². The summed E-state index contributed by atoms with van der Waals surface area (Å²) in [6, 6.07) is 86.9. The Balaban J connectivity index is 1.13. The third-order valence-corrected chi connectivity index (χ3v) is 17.5. The summed E-state index contributed by atoms with van der Waals surface area (Å²) < 4.78 is 6.88. The number of furan rings is 1. The summed E-state index contributed by atoms with van der Waals surface area (Å²) in [5.74, 6) is 0. The van der Waals surface area contributed by atoms with Gasteiger partial charge in [-0.2, -0.15) is 0 Å². The van der Waals surface area contributed by atoms with Crippen molar-refractivity contribution in [3.05, 3.63) is 237 Å². The van der Waals surface area contributed by atoms with E-state index in [4.69, 9.17) is 4.42 Å². The van der Waals surface area contributed by atoms with Crippen molar-refractivity contribution in [1.29, 1.82) is 0 Å². The number of nitrogens with zero attached hydrogens (tertiary/aromatic N) is 1. The van der Waals surface area contributed by atoms with Crippen molar-refractivity contribution in [3.63, 3.8) is 0 Å². The summed E-state index contributed by atoms with van der Waals surface area (Å²) in [6.07, 6.45) is 0. The predicted molar refractivity (Wildman–Crippen MR) is 259 cm³/mol. The topological polar surface area (TPSA) is 16.4 Å². The normalized spacial score (nSPS) is 12.7. The Kier molecular flexibility index (Phi) is 8.22. The van der Waals surface area contributed by atoms with E-state index in [1.807, 2.05) is 0 Å². The van der Waals surface area contributed by atoms with Gasteiger partial charge in [0, 0.05) is 33.4 Å². The van der Waals surface area contributed by atoms with Crippen LogP contribution in [0.5, 0.6) is 0 Å². The predicted octanol–water partition coefficient (Wildman–Crippen LogP) is 12.9. The number of benzene rings is 10. The molecule has 0 amide bonds. The van der Waals surface area contributed by atoms with Crippen LogP contribution in [0.3, 0.4) is 0 Å². The highest BCUT2D eigenvalue weighted by Gasteiger charge is 2.50. The summed E-state index contributed by atoms with van der Waals surface area (Å²) in [6.45, 7) is 0. The van der Waals surface area contributed by atoms with E-state index in [0.29, 0.717) is 0 Å². The molecule has 1 aliphatic rings. The first-order valence-corrected chi connectivity index (χ1v) is 23.0. The van der Waals surface area contributed by atoms with Gasteiger partial charge in [-0.15, -0.1) is 0 Å². The van der Waals surface area contributed by atoms with E-state index >= 15 is 0 Å². The maximum Gasteiger partial charge on any atom is 0.181 e. The molecule has 0 spiro atoms. The smallest absolute Gasteiger partial charge is 0.181 e. The molecule has 11 aromatic rings. The van der Waals surface area contributed by atoms with Crippen LogP contribution in [0.4, 0.5) is 17.1 Å². The molecule has 3 heteroatoms. The molecule has 2 heterocycles. The Morgan fingerprint density at radius 2 is 0.918 bits per heavy atom. The first-order chi connectivity index (χ1) is 30.2. The Hall–Kier alpha value is -7.72. The average molecular weight is 794 g/mol. The monoisotopic (exact) mass is 793 g/mol. The summed E-state index contributed by atoms with van der Waals surface area (Å²) in [7, 11) is -2.91. The van der Waals surface area contributed by atoms with Gasteiger partial charge in [0.25, 0.3) is 0 Å². The molecule has 2 nitrogen and oxygen atoms in total. The Morgan fingerprint density at radius 3 is 1.64 bits per heavy atom. The highest BCUT2D eigenvalue weighted by Crippen LogP contribution is 2.43. The molecule has 0 unspecified atom stereocenters. The van der Waals surface area contributed by atoms with Gasteiger partial charge in [-0.1, -0.05) is 188 Å². The lowest BCUT2D eigenvalue weighted by molar-refractivity contribution is 0.670. The van der Waals surface area contributed by atoms with Gasteiger partial charge in [-0.25, -0.2) is 0 Å². The zero-order valence-electron chi connectivity index (χ0n) is 33.4. The Morgan fingerprint density at radius 1 is 0.344 bits per heavy atom. The maximum absolute atomic E-state index is 6.88. The van der Waals surface area contributed by atoms with E-state index in [9.17, 15) is 0 Å². The highest BCUT2D eigenvalue weighted by molar-refractivity contribution is 7.22. The van der Waals surface area contributed by atoms with Crippen molar-refractivity contribution in [2.24, 2.45) is 0 Å². The lowest BCUT2D eigenvalue weighted by atomic mass is 9.99. The summed E-state index contributed by atoms with van der Waals surface area (Å²) in [5, 5.41) is 10.2. The first-order valence-electron chi connectivity index (χ1n) is 21.0. The molecule has 0 saturated carbocycles. The molecule has 286 valence electrons. The minimum Gasteiger partial charge on any atom is -0.455 e. The van der Waals surface area contributed by atoms with E-state index in [2.05, 4.69) is 241 Å². The van der Waals surface area contributed by atoms with E-state index in [1.54, 1.807) is 0 Å². The van der Waals surface area contributed by atoms with Crippen molar-refractivity contribution in [1.82, 2.24) is 0 Å². The van der Waals surface area contributed by atoms with Crippen LogP contribution in [0.15, 0.2) is 241 Å². The van der Waals surface area contributed by atoms with Crippen LogP contribution in [-0.2, 0) is 0 Å². The standard InChI is InChI=1S/C58H39NOSi/c1-4-16-40(17-5-1)43-20-14-22-46(37-43)59(47-23-15-21-44(38-47)45-31-30-41-18-10-11-19-42(41)36-45)48-32-33-53-56(39-48)61(49-24-6-2-7-25-49,50-26-8-3-9-27-50)55-35-34-52-51-28-12-13-29-54(51)60-58(52)57(53)55/h1-39H. The molecule has 0 N–H and O–H groups in total. The Labute approximate surface area is 356 Å². The lowest BCUT2D eigenvalue weighted by Crippen LogP contribution is -2.72. The van der Waals surface area contributed by atoms with Crippen LogP contribution in [0.2, 0.25) is 0 Å². The lowest BCUT2D eigenvalue weighted by Gasteiger charge is -2.33. The highest BCUT2D eigenvalue weighted by atomic mass is 28.3. The fourth-order valence-corrected chi connectivity index (χ4v) is 15.2. The van der Waals surface area contributed by atoms with E-state index in [0.717, 1.165) is 39.0 Å². The van der Waals surface area contributed by atoms with Crippen LogP contribution in [-0.4, -0.2) is 8.07 Å². The summed E-state index contributed by atoms with van der Waals surface area (Å²) >= 11 is 0. The molecule has 0 radical (unpaired) electrons. The van der Waals surface area contributed by atoms with Gasteiger partial charge in [0.15, 0.2) is 8.07 Å². The molecule has 0 fully saturated rings. The molecule has 0 atom stereocenters. The second-order valence-corrected chi connectivity index (χ2v) is 19.8. The Bertz CT molecular complexity index is 3390. The van der Waals surface area contributed by atoms with Gasteiger partial charge in [0.05, 0.1) is 0 Å². The first kappa shape index (κ1) is 35.2. The quantitative estimate of drug-likeness (QED) is 0.149. The van der Waals surface area contributed by atoms with Crippen LogP contribution in [0.25, 0.3) is 66.1 Å². The zero-order valence-corrected chi connectivity index (χ0v) is 34.4. The van der Waals surface area contributed by atoms with Gasteiger partial charge in [-0.3, -0.25) is 0 Å². The number of fused-ring (bicyclic) bond motifs is 8. The number of anilines is 3. The van der Waals surface area contributed by atoms with Crippen LogP contribution in [0.1, 0.15) is 0 Å². The van der Waals surface area contributed by atoms with E-state index < -0.39 is 8.07 Å². The van der Waals surface area contributed by atoms with Gasteiger partial charge in [0.2, 0.25) is 0 Å². The zero-order chi connectivity index (χ0) is 40.3. The molecule has 10 aromatic carbocycles. The number of rotatable bonds is 7. The number of hydrogen-bond donors (Lipinski definition) is 0. The molecule has 1 aliphatic heterocycles. The fraction of sp³-hybridized carbons (Fsp3) is 0. The van der Waals surface area contributed by atoms with Gasteiger partial charge >= 0.3 is 0 Å². The van der Waals surface area contributed by atoms with Gasteiger partial charge in [-0.05, 0) is 108 Å². The number of para-hydroxylation sites is 1. The van der Waals surface area contributed by atoms with Crippen LogP contribution in [0, 0.1) is 0 Å². The maximum atomic E-state index is 6.88. The van der Waals surface area contributed by atoms with E-state index in [1.165, 1.54) is 64.9 Å². The van der Waals surface area contributed by atoms with Crippen molar-refractivity contribution in [3.8, 4) is 33.4 Å². The van der Waals surface area contributed by atoms with Crippen molar-refractivity contribution in [2.75, 3.05) is 4.90 Å². The number of hydrogen-bond acceptors (Lipinski definition) is 2. The van der Waals surface area contributed by atoms with Gasteiger partial charge in [0.1, 0.15) is 11.2 Å². The van der Waals surface area contributed by atoms with Gasteiger partial charge < -0.3 is 9.32 Å². The third kappa shape index (κ3) is 5.62. The van der Waals surface area contributed by atoms with Crippen LogP contribution >= 0.6 is 0 Å². The molecular formula is C58H39NOSi. The van der Waals surface area contributed by atoms with Crippen LogP contribution < -0.4 is 25.6 Å². The SMILES string of the molecule is c1ccc(-c2cccc(N(c3cccc(-c4ccc5ccccc5c4)c3)c3ccc4c(c3)[Si](c3ccccc3)(c3ccccc3)c3ccc5c(oc6ccccc65)c3-4)c2)cc1. The molecule has 12 rings (SSSR count). The second kappa shape index (κ2) is 14.2. The minimum absolute atomic E-state index is 0.915. The molecule has 61 heavy (non-hydrogen) atoms. The summed E-state index contributed by atoms with van der Waals surface area (Å²) in [4.78, 5) is 2.45. The van der Waals surface area contributed by atoms with Crippen molar-refractivity contribution < 1.29 is 4.42 Å². The van der Waals surface area contributed by atoms with Crippen molar-refractivity contribution >= 4 is 78.6 Å². The summed E-state index contributed by atoms with van der Waals surface area (Å²) in [5.41, 5.74) is 12.4. The molecule has 1 aromatic heterocycles. The van der Waals surface area contributed by atoms with Crippen molar-refractivity contribution in [2.45, 2.75) is 0 Å². The minimum atomic E-state index is -2.91. The molecule has 0 aliphatic carbocycles. The average Bonchev–Trinajstić information content (AvgIpc) is 3.86. The molecule has 0 saturated heterocycles. The fourth-order valence-electron chi connectivity index (χ4n) is 9.97.